The van der Waals surface area contributed by atoms with Crippen molar-refractivity contribution >= 4 is 17.3 Å². The number of fused-ring (bicyclic) bond motifs is 3. The van der Waals surface area contributed by atoms with Gasteiger partial charge in [0, 0.05) is 37.7 Å². The third-order valence-electron chi connectivity index (χ3n) is 4.81. The Balaban J connectivity index is 1.68. The highest BCUT2D eigenvalue weighted by atomic mass is 16.1. The highest BCUT2D eigenvalue weighted by Crippen LogP contribution is 2.27. The van der Waals surface area contributed by atoms with E-state index in [1.165, 1.54) is 25.1 Å². The molecule has 4 nitrogen and oxygen atoms in total. The van der Waals surface area contributed by atoms with Crippen molar-refractivity contribution in [3.8, 4) is 0 Å². The molecule has 104 valence electrons. The normalized spacial score (nSPS) is 20.4. The lowest BCUT2D eigenvalue weighted by molar-refractivity contribution is 0.112. The molecule has 0 atom stereocenters. The zero-order chi connectivity index (χ0) is 13.5. The van der Waals surface area contributed by atoms with Gasteiger partial charge in [0.05, 0.1) is 11.0 Å². The van der Waals surface area contributed by atoms with Gasteiger partial charge in [-0.2, -0.15) is 0 Å². The first-order valence-electron chi connectivity index (χ1n) is 7.53. The van der Waals surface area contributed by atoms with E-state index < -0.39 is 0 Å². The Bertz CT molecular complexity index is 657. The summed E-state index contributed by atoms with van der Waals surface area (Å²) in [5.41, 5.74) is 2.86. The van der Waals surface area contributed by atoms with Gasteiger partial charge in [-0.05, 0) is 31.0 Å². The maximum absolute atomic E-state index is 11.0. The van der Waals surface area contributed by atoms with Crippen molar-refractivity contribution < 1.29 is 4.79 Å². The first kappa shape index (κ1) is 12.1. The van der Waals surface area contributed by atoms with Crippen LogP contribution in [0.1, 0.15) is 35.4 Å². The lowest BCUT2D eigenvalue weighted by Crippen LogP contribution is -2.41. The molecule has 2 aromatic rings. The zero-order valence-corrected chi connectivity index (χ0v) is 11.6. The zero-order valence-electron chi connectivity index (χ0n) is 11.6. The average Bonchev–Trinajstić information content (AvgIpc) is 2.64. The minimum atomic E-state index is 0.736. The third-order valence-corrected chi connectivity index (χ3v) is 4.81. The summed E-state index contributed by atoms with van der Waals surface area (Å²) < 4.78 is 2.31. The van der Waals surface area contributed by atoms with Crippen LogP contribution in [0, 0.1) is 0 Å². The highest BCUT2D eigenvalue weighted by molar-refractivity contribution is 5.85. The van der Waals surface area contributed by atoms with Gasteiger partial charge < -0.3 is 4.57 Å². The van der Waals surface area contributed by atoms with Crippen molar-refractivity contribution in [1.29, 1.82) is 0 Å². The van der Waals surface area contributed by atoms with E-state index in [1.807, 2.05) is 18.2 Å². The summed E-state index contributed by atoms with van der Waals surface area (Å²) in [6.45, 7) is 3.22. The maximum Gasteiger partial charge on any atom is 0.150 e. The molecule has 0 N–H and O–H groups in total. The number of carbonyl (C=O) groups excluding carboxylic acids is 1. The standard InChI is InChI=1S/C16H19N3O/c20-11-12-4-5-14-15(10-12)19-9-8-18(13-2-1-3-13)7-6-16(19)17-14/h4-5,10-11,13H,1-3,6-9H2. The molecular formula is C16H19N3O. The Hall–Kier alpha value is -1.68. The van der Waals surface area contributed by atoms with Gasteiger partial charge in [0.25, 0.3) is 0 Å². The SMILES string of the molecule is O=Cc1ccc2nc3n(c2c1)CCN(C1CCC1)CC3. The Morgan fingerprint density at radius 1 is 1.20 bits per heavy atom. The van der Waals surface area contributed by atoms with Crippen LogP contribution in [-0.2, 0) is 13.0 Å². The molecule has 2 heterocycles. The number of carbonyl (C=O) groups is 1. The van der Waals surface area contributed by atoms with Crippen molar-refractivity contribution in [2.75, 3.05) is 13.1 Å². The fourth-order valence-electron chi connectivity index (χ4n) is 3.40. The first-order valence-corrected chi connectivity index (χ1v) is 7.53. The van der Waals surface area contributed by atoms with E-state index >= 15 is 0 Å². The van der Waals surface area contributed by atoms with E-state index in [-0.39, 0.29) is 0 Å². The number of nitrogens with zero attached hydrogens (tertiary/aromatic N) is 3. The van der Waals surface area contributed by atoms with Gasteiger partial charge in [-0.1, -0.05) is 6.42 Å². The molecule has 1 fully saturated rings. The summed E-state index contributed by atoms with van der Waals surface area (Å²) in [6, 6.07) is 6.59. The minimum absolute atomic E-state index is 0.736. The predicted octanol–water partition coefficient (Wildman–Crippen LogP) is 2.26. The van der Waals surface area contributed by atoms with E-state index in [0.717, 1.165) is 55.0 Å². The number of aromatic nitrogens is 2. The quantitative estimate of drug-likeness (QED) is 0.785. The Kier molecular flexibility index (Phi) is 2.84. The molecule has 0 saturated heterocycles. The molecule has 4 heteroatoms. The largest absolute Gasteiger partial charge is 0.327 e. The second kappa shape index (κ2) is 4.70. The van der Waals surface area contributed by atoms with Crippen LogP contribution < -0.4 is 0 Å². The van der Waals surface area contributed by atoms with Crippen LogP contribution >= 0.6 is 0 Å². The molecule has 1 aromatic carbocycles. The van der Waals surface area contributed by atoms with E-state index in [4.69, 9.17) is 4.98 Å². The van der Waals surface area contributed by atoms with Gasteiger partial charge in [-0.25, -0.2) is 4.98 Å². The second-order valence-electron chi connectivity index (χ2n) is 5.92. The van der Waals surface area contributed by atoms with Crippen molar-refractivity contribution in [1.82, 2.24) is 14.5 Å². The molecular weight excluding hydrogens is 250 g/mol. The molecule has 1 aliphatic carbocycles. The van der Waals surface area contributed by atoms with Crippen LogP contribution in [-0.4, -0.2) is 39.9 Å². The average molecular weight is 269 g/mol. The van der Waals surface area contributed by atoms with Crippen molar-refractivity contribution in [2.45, 2.75) is 38.3 Å². The fourth-order valence-corrected chi connectivity index (χ4v) is 3.40. The lowest BCUT2D eigenvalue weighted by atomic mass is 9.91. The molecule has 0 spiro atoms. The van der Waals surface area contributed by atoms with E-state index in [0.29, 0.717) is 0 Å². The number of hydrogen-bond donors (Lipinski definition) is 0. The van der Waals surface area contributed by atoms with Crippen LogP contribution in [0.5, 0.6) is 0 Å². The summed E-state index contributed by atoms with van der Waals surface area (Å²) in [5.74, 6) is 1.17. The molecule has 0 unspecified atom stereocenters. The van der Waals surface area contributed by atoms with E-state index in [2.05, 4.69) is 9.47 Å². The topological polar surface area (TPSA) is 38.1 Å². The molecule has 1 aromatic heterocycles. The third kappa shape index (κ3) is 1.86. The summed E-state index contributed by atoms with van der Waals surface area (Å²) >= 11 is 0. The van der Waals surface area contributed by atoms with Crippen molar-refractivity contribution in [2.24, 2.45) is 0 Å². The first-order chi connectivity index (χ1) is 9.85. The summed E-state index contributed by atoms with van der Waals surface area (Å²) in [4.78, 5) is 18.3. The van der Waals surface area contributed by atoms with Crippen LogP contribution in [0.2, 0.25) is 0 Å². The van der Waals surface area contributed by atoms with Gasteiger partial charge in [0.2, 0.25) is 0 Å². The molecule has 2 aliphatic rings. The monoisotopic (exact) mass is 269 g/mol. The molecule has 0 bridgehead atoms. The number of benzene rings is 1. The lowest BCUT2D eigenvalue weighted by Gasteiger charge is -2.36. The maximum atomic E-state index is 11.0. The molecule has 20 heavy (non-hydrogen) atoms. The fraction of sp³-hybridized carbons (Fsp3) is 0.500. The number of rotatable bonds is 2. The number of imidazole rings is 1. The second-order valence-corrected chi connectivity index (χ2v) is 5.92. The minimum Gasteiger partial charge on any atom is -0.327 e. The van der Waals surface area contributed by atoms with Gasteiger partial charge in [0.15, 0.2) is 0 Å². The van der Waals surface area contributed by atoms with Crippen LogP contribution in [0.25, 0.3) is 11.0 Å². The van der Waals surface area contributed by atoms with E-state index in [1.54, 1.807) is 0 Å². The van der Waals surface area contributed by atoms with Crippen molar-refractivity contribution in [3.05, 3.63) is 29.6 Å². The van der Waals surface area contributed by atoms with Crippen LogP contribution in [0.15, 0.2) is 18.2 Å². The Morgan fingerprint density at radius 3 is 2.85 bits per heavy atom. The molecule has 0 radical (unpaired) electrons. The van der Waals surface area contributed by atoms with Gasteiger partial charge in [0.1, 0.15) is 12.1 Å². The summed E-state index contributed by atoms with van der Waals surface area (Å²) in [7, 11) is 0. The highest BCUT2D eigenvalue weighted by Gasteiger charge is 2.27. The van der Waals surface area contributed by atoms with Crippen molar-refractivity contribution in [3.63, 3.8) is 0 Å². The smallest absolute Gasteiger partial charge is 0.150 e. The van der Waals surface area contributed by atoms with Crippen LogP contribution in [0.3, 0.4) is 0 Å². The predicted molar refractivity (Wildman–Crippen MR) is 78.0 cm³/mol. The Morgan fingerprint density at radius 2 is 2.10 bits per heavy atom. The van der Waals surface area contributed by atoms with E-state index in [9.17, 15) is 4.79 Å². The molecule has 1 saturated carbocycles. The van der Waals surface area contributed by atoms with Gasteiger partial charge in [-0.15, -0.1) is 0 Å². The van der Waals surface area contributed by atoms with Crippen LogP contribution in [0.4, 0.5) is 0 Å². The van der Waals surface area contributed by atoms with Gasteiger partial charge >= 0.3 is 0 Å². The molecule has 4 rings (SSSR count). The number of hydrogen-bond acceptors (Lipinski definition) is 3. The summed E-state index contributed by atoms with van der Waals surface area (Å²) in [5, 5.41) is 0. The summed E-state index contributed by atoms with van der Waals surface area (Å²) in [6.07, 6.45) is 6.03. The molecule has 0 amide bonds. The Labute approximate surface area is 118 Å². The van der Waals surface area contributed by atoms with Gasteiger partial charge in [-0.3, -0.25) is 9.69 Å². The number of aldehydes is 1. The molecule has 1 aliphatic heterocycles.